The SMILES string of the molecule is CCCCCOc1cccc(C2C3C(NNC3c3ccccc3O)C(=O)N2CCCO)c1. The lowest BCUT2D eigenvalue weighted by Crippen LogP contribution is -2.41. The summed E-state index contributed by atoms with van der Waals surface area (Å²) in [5.74, 6) is 0.896. The van der Waals surface area contributed by atoms with E-state index in [1.165, 1.54) is 0 Å². The van der Waals surface area contributed by atoms with Crippen LogP contribution in [0.3, 0.4) is 0 Å². The molecule has 0 aliphatic carbocycles. The summed E-state index contributed by atoms with van der Waals surface area (Å²) in [7, 11) is 0. The average Bonchev–Trinajstić information content (AvgIpc) is 3.34. The number of amides is 1. The van der Waals surface area contributed by atoms with Gasteiger partial charge >= 0.3 is 0 Å². The van der Waals surface area contributed by atoms with E-state index in [0.717, 1.165) is 36.1 Å². The van der Waals surface area contributed by atoms with Gasteiger partial charge in [0.1, 0.15) is 17.5 Å². The Bertz CT molecular complexity index is 922. The number of aliphatic hydroxyl groups is 1. The highest BCUT2D eigenvalue weighted by molar-refractivity contribution is 5.86. The second-order valence-electron chi connectivity index (χ2n) is 8.56. The molecule has 4 N–H and O–H groups in total. The summed E-state index contributed by atoms with van der Waals surface area (Å²) in [6.07, 6.45) is 3.81. The number of hydrogen-bond donors (Lipinski definition) is 4. The van der Waals surface area contributed by atoms with Crippen molar-refractivity contribution in [2.24, 2.45) is 5.92 Å². The Labute approximate surface area is 189 Å². The predicted octanol–water partition coefficient (Wildman–Crippen LogP) is 3.06. The zero-order valence-corrected chi connectivity index (χ0v) is 18.5. The van der Waals surface area contributed by atoms with Crippen LogP contribution in [0.5, 0.6) is 11.5 Å². The first-order valence-electron chi connectivity index (χ1n) is 11.6. The second kappa shape index (κ2) is 10.3. The van der Waals surface area contributed by atoms with Crippen LogP contribution in [0.4, 0.5) is 0 Å². The molecule has 0 radical (unpaired) electrons. The molecule has 4 unspecified atom stereocenters. The van der Waals surface area contributed by atoms with E-state index in [0.29, 0.717) is 19.6 Å². The van der Waals surface area contributed by atoms with Crippen molar-refractivity contribution in [1.82, 2.24) is 15.8 Å². The number of aliphatic hydroxyl groups excluding tert-OH is 1. The molecule has 4 rings (SSSR count). The van der Waals surface area contributed by atoms with Crippen molar-refractivity contribution in [3.63, 3.8) is 0 Å². The van der Waals surface area contributed by atoms with E-state index in [1.807, 2.05) is 41.3 Å². The molecule has 2 aliphatic heterocycles. The normalized spacial score (nSPS) is 24.7. The van der Waals surface area contributed by atoms with E-state index in [4.69, 9.17) is 4.74 Å². The fourth-order valence-electron chi connectivity index (χ4n) is 4.94. The van der Waals surface area contributed by atoms with Gasteiger partial charge in [0.05, 0.1) is 18.7 Å². The molecule has 2 aromatic carbocycles. The third kappa shape index (κ3) is 4.46. The Morgan fingerprint density at radius 1 is 1.03 bits per heavy atom. The van der Waals surface area contributed by atoms with Gasteiger partial charge in [-0.2, -0.15) is 0 Å². The molecule has 1 amide bonds. The number of likely N-dealkylation sites (tertiary alicyclic amines) is 1. The summed E-state index contributed by atoms with van der Waals surface area (Å²) in [6.45, 7) is 3.34. The van der Waals surface area contributed by atoms with Gasteiger partial charge < -0.3 is 19.8 Å². The van der Waals surface area contributed by atoms with E-state index in [2.05, 4.69) is 17.8 Å². The maximum Gasteiger partial charge on any atom is 0.242 e. The average molecular weight is 440 g/mol. The fourth-order valence-corrected chi connectivity index (χ4v) is 4.94. The molecule has 0 saturated carbocycles. The number of carbonyl (C=O) groups is 1. The lowest BCUT2D eigenvalue weighted by Gasteiger charge is -2.31. The molecule has 32 heavy (non-hydrogen) atoms. The highest BCUT2D eigenvalue weighted by Crippen LogP contribution is 2.48. The Balaban J connectivity index is 1.66. The number of rotatable bonds is 10. The Hall–Kier alpha value is -2.61. The number of phenols is 1. The Kier molecular flexibility index (Phi) is 7.29. The van der Waals surface area contributed by atoms with Crippen LogP contribution in [0.2, 0.25) is 0 Å². The second-order valence-corrected chi connectivity index (χ2v) is 8.56. The molecule has 2 heterocycles. The number of fused-ring (bicyclic) bond motifs is 1. The standard InChI is InChI=1S/C25H33N3O4/c1-2-3-6-15-32-18-10-7-9-17(16-18)24-21-22(19-11-4-5-12-20(19)30)26-27-23(21)25(31)28(24)13-8-14-29/h4-5,7,9-12,16,21-24,26-27,29-30H,2-3,6,8,13-15H2,1H3. The molecule has 172 valence electrons. The van der Waals surface area contributed by atoms with Crippen molar-refractivity contribution in [2.75, 3.05) is 19.8 Å². The molecule has 2 saturated heterocycles. The number of phenolic OH excluding ortho intramolecular Hbond substituents is 1. The lowest BCUT2D eigenvalue weighted by molar-refractivity contribution is -0.130. The molecule has 4 atom stereocenters. The van der Waals surface area contributed by atoms with Gasteiger partial charge in [-0.3, -0.25) is 4.79 Å². The molecule has 0 aromatic heterocycles. The third-order valence-corrected chi connectivity index (χ3v) is 6.46. The van der Waals surface area contributed by atoms with Crippen LogP contribution in [0.1, 0.15) is 55.8 Å². The number of aromatic hydroxyl groups is 1. The van der Waals surface area contributed by atoms with Crippen molar-refractivity contribution >= 4 is 5.91 Å². The van der Waals surface area contributed by atoms with Crippen molar-refractivity contribution < 1.29 is 19.7 Å². The van der Waals surface area contributed by atoms with Crippen LogP contribution in [-0.4, -0.2) is 46.8 Å². The number of unbranched alkanes of at least 4 members (excludes halogenated alkanes) is 2. The van der Waals surface area contributed by atoms with Crippen LogP contribution < -0.4 is 15.6 Å². The first-order chi connectivity index (χ1) is 15.7. The molecular weight excluding hydrogens is 406 g/mol. The van der Waals surface area contributed by atoms with Crippen LogP contribution in [-0.2, 0) is 4.79 Å². The van der Waals surface area contributed by atoms with Gasteiger partial charge in [-0.25, -0.2) is 10.9 Å². The lowest BCUT2D eigenvalue weighted by atomic mass is 9.83. The van der Waals surface area contributed by atoms with E-state index in [9.17, 15) is 15.0 Å². The zero-order valence-electron chi connectivity index (χ0n) is 18.5. The molecule has 7 nitrogen and oxygen atoms in total. The summed E-state index contributed by atoms with van der Waals surface area (Å²) in [5, 5.41) is 19.9. The number of hydrazine groups is 1. The molecule has 2 aromatic rings. The first-order valence-corrected chi connectivity index (χ1v) is 11.6. The van der Waals surface area contributed by atoms with E-state index < -0.39 is 6.04 Å². The summed E-state index contributed by atoms with van der Waals surface area (Å²) in [6, 6.07) is 14.4. The highest BCUT2D eigenvalue weighted by Gasteiger charge is 2.55. The molecule has 0 bridgehead atoms. The molecule has 7 heteroatoms. The van der Waals surface area contributed by atoms with E-state index in [-0.39, 0.29) is 36.3 Å². The summed E-state index contributed by atoms with van der Waals surface area (Å²) in [4.78, 5) is 15.2. The van der Waals surface area contributed by atoms with E-state index in [1.54, 1.807) is 12.1 Å². The van der Waals surface area contributed by atoms with Crippen LogP contribution in [0.25, 0.3) is 0 Å². The van der Waals surface area contributed by atoms with Gasteiger partial charge in [0.25, 0.3) is 0 Å². The minimum absolute atomic E-state index is 0.00754. The first kappa shape index (κ1) is 22.6. The number of nitrogens with zero attached hydrogens (tertiary/aromatic N) is 1. The number of carbonyl (C=O) groups excluding carboxylic acids is 1. The van der Waals surface area contributed by atoms with Crippen molar-refractivity contribution in [3.8, 4) is 11.5 Å². The maximum absolute atomic E-state index is 13.3. The quantitative estimate of drug-likeness (QED) is 0.425. The number of ether oxygens (including phenoxy) is 1. The van der Waals surface area contributed by atoms with E-state index >= 15 is 0 Å². The van der Waals surface area contributed by atoms with Crippen LogP contribution in [0, 0.1) is 5.92 Å². The van der Waals surface area contributed by atoms with Gasteiger partial charge in [-0.1, -0.05) is 50.1 Å². The largest absolute Gasteiger partial charge is 0.508 e. The molecule has 0 spiro atoms. The van der Waals surface area contributed by atoms with Gasteiger partial charge in [0.15, 0.2) is 0 Å². The number of para-hydroxylation sites is 1. The number of nitrogens with one attached hydrogen (secondary N) is 2. The van der Waals surface area contributed by atoms with Gasteiger partial charge in [0.2, 0.25) is 5.91 Å². The molecular formula is C25H33N3O4. The Morgan fingerprint density at radius 2 is 1.84 bits per heavy atom. The van der Waals surface area contributed by atoms with Crippen molar-refractivity contribution in [1.29, 1.82) is 0 Å². The topological polar surface area (TPSA) is 94.1 Å². The van der Waals surface area contributed by atoms with Crippen LogP contribution in [0.15, 0.2) is 48.5 Å². The summed E-state index contributed by atoms with van der Waals surface area (Å²) >= 11 is 0. The van der Waals surface area contributed by atoms with Gasteiger partial charge in [0, 0.05) is 24.6 Å². The van der Waals surface area contributed by atoms with Crippen LogP contribution >= 0.6 is 0 Å². The number of hydrogen-bond acceptors (Lipinski definition) is 6. The van der Waals surface area contributed by atoms with Gasteiger partial charge in [-0.15, -0.1) is 0 Å². The maximum atomic E-state index is 13.3. The molecule has 2 aliphatic rings. The number of benzene rings is 2. The smallest absolute Gasteiger partial charge is 0.242 e. The summed E-state index contributed by atoms with van der Waals surface area (Å²) in [5.41, 5.74) is 8.18. The minimum Gasteiger partial charge on any atom is -0.508 e. The predicted molar refractivity (Wildman–Crippen MR) is 122 cm³/mol. The fraction of sp³-hybridized carbons (Fsp3) is 0.480. The van der Waals surface area contributed by atoms with Crippen molar-refractivity contribution in [3.05, 3.63) is 59.7 Å². The summed E-state index contributed by atoms with van der Waals surface area (Å²) < 4.78 is 5.98. The van der Waals surface area contributed by atoms with Gasteiger partial charge in [-0.05, 0) is 36.6 Å². The monoisotopic (exact) mass is 439 g/mol. The van der Waals surface area contributed by atoms with Crippen molar-refractivity contribution in [2.45, 2.75) is 50.7 Å². The minimum atomic E-state index is -0.405. The Morgan fingerprint density at radius 3 is 2.62 bits per heavy atom. The zero-order chi connectivity index (χ0) is 22.5. The third-order valence-electron chi connectivity index (χ3n) is 6.46. The molecule has 2 fully saturated rings. The highest BCUT2D eigenvalue weighted by atomic mass is 16.5.